The van der Waals surface area contributed by atoms with Gasteiger partial charge in [-0.1, -0.05) is 42.5 Å². The summed E-state index contributed by atoms with van der Waals surface area (Å²) in [4.78, 5) is 6.67. The summed E-state index contributed by atoms with van der Waals surface area (Å²) in [5.74, 6) is 1.80. The molecule has 0 unspecified atom stereocenters. The Labute approximate surface area is 138 Å². The zero-order valence-corrected chi connectivity index (χ0v) is 14.1. The van der Waals surface area contributed by atoms with Crippen LogP contribution in [0, 0.1) is 0 Å². The molecule has 2 aromatic rings. The third-order valence-corrected chi connectivity index (χ3v) is 3.51. The molecule has 0 spiro atoms. The van der Waals surface area contributed by atoms with E-state index in [4.69, 9.17) is 4.74 Å². The highest BCUT2D eigenvalue weighted by Crippen LogP contribution is 2.12. The molecule has 0 amide bonds. The van der Waals surface area contributed by atoms with Gasteiger partial charge in [0, 0.05) is 20.6 Å². The number of methoxy groups -OCH3 is 1. The molecule has 0 bridgehead atoms. The largest absolute Gasteiger partial charge is 0.497 e. The van der Waals surface area contributed by atoms with E-state index in [0.29, 0.717) is 6.54 Å². The van der Waals surface area contributed by atoms with E-state index in [0.717, 1.165) is 24.7 Å². The Morgan fingerprint density at radius 3 is 2.48 bits per heavy atom. The van der Waals surface area contributed by atoms with Crippen LogP contribution >= 0.6 is 0 Å². The van der Waals surface area contributed by atoms with Crippen molar-refractivity contribution >= 4 is 5.96 Å². The smallest absolute Gasteiger partial charge is 0.193 e. The lowest BCUT2D eigenvalue weighted by molar-refractivity contribution is 0.414. The molecule has 0 aromatic heterocycles. The van der Waals surface area contributed by atoms with Gasteiger partial charge in [0.25, 0.3) is 0 Å². The first-order valence-electron chi connectivity index (χ1n) is 7.81. The van der Waals surface area contributed by atoms with Gasteiger partial charge in [-0.25, -0.2) is 4.99 Å². The number of rotatable bonds is 6. The van der Waals surface area contributed by atoms with Crippen molar-refractivity contribution in [3.05, 3.63) is 65.7 Å². The first-order valence-corrected chi connectivity index (χ1v) is 7.81. The lowest BCUT2D eigenvalue weighted by Gasteiger charge is -2.17. The van der Waals surface area contributed by atoms with Crippen molar-refractivity contribution in [2.24, 2.45) is 4.99 Å². The molecule has 0 aliphatic rings. The van der Waals surface area contributed by atoms with Crippen LogP contribution in [0.2, 0.25) is 0 Å². The number of hydrogen-bond donors (Lipinski definition) is 1. The highest BCUT2D eigenvalue weighted by Gasteiger charge is 2.02. The van der Waals surface area contributed by atoms with E-state index in [1.165, 1.54) is 11.1 Å². The molecule has 0 aliphatic carbocycles. The van der Waals surface area contributed by atoms with Crippen LogP contribution in [0.4, 0.5) is 0 Å². The van der Waals surface area contributed by atoms with E-state index in [1.807, 2.05) is 49.3 Å². The molecule has 1 N–H and O–H groups in total. The SMILES string of the molecule is COc1cccc(CCNC(=NCc2ccccc2)N(C)C)c1. The van der Waals surface area contributed by atoms with Gasteiger partial charge in [0.1, 0.15) is 5.75 Å². The zero-order chi connectivity index (χ0) is 16.5. The van der Waals surface area contributed by atoms with Crippen molar-refractivity contribution in [2.45, 2.75) is 13.0 Å². The van der Waals surface area contributed by atoms with Gasteiger partial charge >= 0.3 is 0 Å². The molecule has 2 aromatic carbocycles. The van der Waals surface area contributed by atoms with Crippen LogP contribution in [-0.2, 0) is 13.0 Å². The van der Waals surface area contributed by atoms with E-state index >= 15 is 0 Å². The summed E-state index contributed by atoms with van der Waals surface area (Å²) in [7, 11) is 5.70. The predicted octanol–water partition coefficient (Wildman–Crippen LogP) is 2.95. The molecule has 0 aliphatic heterocycles. The van der Waals surface area contributed by atoms with E-state index in [1.54, 1.807) is 7.11 Å². The minimum Gasteiger partial charge on any atom is -0.497 e. The standard InChI is InChI=1S/C19H25N3O/c1-22(2)19(21-15-17-8-5-4-6-9-17)20-13-12-16-10-7-11-18(14-16)23-3/h4-11,14H,12-13,15H2,1-3H3,(H,20,21). The van der Waals surface area contributed by atoms with Gasteiger partial charge in [0.2, 0.25) is 0 Å². The Bertz CT molecular complexity index is 624. The molecule has 0 heterocycles. The van der Waals surface area contributed by atoms with Gasteiger partial charge in [0.05, 0.1) is 13.7 Å². The molecule has 4 nitrogen and oxygen atoms in total. The maximum Gasteiger partial charge on any atom is 0.193 e. The summed E-state index contributed by atoms with van der Waals surface area (Å²) in [6.07, 6.45) is 0.926. The van der Waals surface area contributed by atoms with Crippen molar-refractivity contribution in [1.29, 1.82) is 0 Å². The van der Waals surface area contributed by atoms with Crippen LogP contribution in [0.15, 0.2) is 59.6 Å². The monoisotopic (exact) mass is 311 g/mol. The normalized spacial score (nSPS) is 11.2. The Morgan fingerprint density at radius 1 is 1.04 bits per heavy atom. The predicted molar refractivity (Wildman–Crippen MR) is 96.0 cm³/mol. The zero-order valence-electron chi connectivity index (χ0n) is 14.1. The maximum atomic E-state index is 5.26. The second kappa shape index (κ2) is 8.83. The van der Waals surface area contributed by atoms with Crippen LogP contribution in [-0.4, -0.2) is 38.6 Å². The van der Waals surface area contributed by atoms with Crippen molar-refractivity contribution in [3.8, 4) is 5.75 Å². The Hall–Kier alpha value is -2.49. The molecule has 0 fully saturated rings. The van der Waals surface area contributed by atoms with Crippen LogP contribution < -0.4 is 10.1 Å². The van der Waals surface area contributed by atoms with Gasteiger partial charge in [-0.2, -0.15) is 0 Å². The van der Waals surface area contributed by atoms with Crippen LogP contribution in [0.1, 0.15) is 11.1 Å². The fraction of sp³-hybridized carbons (Fsp3) is 0.316. The highest BCUT2D eigenvalue weighted by atomic mass is 16.5. The third kappa shape index (κ3) is 5.66. The summed E-state index contributed by atoms with van der Waals surface area (Å²) in [6, 6.07) is 18.4. The number of hydrogen-bond acceptors (Lipinski definition) is 2. The van der Waals surface area contributed by atoms with E-state index < -0.39 is 0 Å². The Morgan fingerprint density at radius 2 is 1.78 bits per heavy atom. The quantitative estimate of drug-likeness (QED) is 0.658. The molecular formula is C19H25N3O. The highest BCUT2D eigenvalue weighted by molar-refractivity contribution is 5.79. The summed E-state index contributed by atoms with van der Waals surface area (Å²) in [5.41, 5.74) is 2.46. The Kier molecular flexibility index (Phi) is 6.48. The van der Waals surface area contributed by atoms with Gasteiger partial charge in [-0.3, -0.25) is 0 Å². The lowest BCUT2D eigenvalue weighted by atomic mass is 10.1. The molecule has 0 saturated carbocycles. The molecule has 0 radical (unpaired) electrons. The van der Waals surface area contributed by atoms with Crippen LogP contribution in [0.25, 0.3) is 0 Å². The summed E-state index contributed by atoms with van der Waals surface area (Å²) in [6.45, 7) is 1.51. The molecule has 23 heavy (non-hydrogen) atoms. The van der Waals surface area contributed by atoms with Gasteiger partial charge in [0.15, 0.2) is 5.96 Å². The summed E-state index contributed by atoms with van der Waals surface area (Å²) >= 11 is 0. The first kappa shape index (κ1) is 16.9. The van der Waals surface area contributed by atoms with Gasteiger partial charge in [-0.15, -0.1) is 0 Å². The van der Waals surface area contributed by atoms with Crippen molar-refractivity contribution in [3.63, 3.8) is 0 Å². The van der Waals surface area contributed by atoms with Gasteiger partial charge < -0.3 is 15.0 Å². The molecule has 0 saturated heterocycles. The maximum absolute atomic E-state index is 5.26. The van der Waals surface area contributed by atoms with E-state index in [-0.39, 0.29) is 0 Å². The number of nitrogens with one attached hydrogen (secondary N) is 1. The van der Waals surface area contributed by atoms with E-state index in [9.17, 15) is 0 Å². The summed E-state index contributed by atoms with van der Waals surface area (Å²) in [5, 5.41) is 3.41. The van der Waals surface area contributed by atoms with E-state index in [2.05, 4.69) is 34.6 Å². The molecular weight excluding hydrogens is 286 g/mol. The number of guanidine groups is 1. The second-order valence-corrected chi connectivity index (χ2v) is 5.55. The molecule has 4 heteroatoms. The van der Waals surface area contributed by atoms with Crippen LogP contribution in [0.5, 0.6) is 5.75 Å². The minimum absolute atomic E-state index is 0.681. The number of ether oxygens (including phenoxy) is 1. The lowest BCUT2D eigenvalue weighted by Crippen LogP contribution is -2.37. The average molecular weight is 311 g/mol. The Balaban J connectivity index is 1.89. The fourth-order valence-electron chi connectivity index (χ4n) is 2.25. The second-order valence-electron chi connectivity index (χ2n) is 5.55. The third-order valence-electron chi connectivity index (χ3n) is 3.51. The summed E-state index contributed by atoms with van der Waals surface area (Å²) < 4.78 is 5.26. The number of nitrogens with zero attached hydrogens (tertiary/aromatic N) is 2. The van der Waals surface area contributed by atoms with Crippen molar-refractivity contribution in [2.75, 3.05) is 27.7 Å². The first-order chi connectivity index (χ1) is 11.2. The van der Waals surface area contributed by atoms with Crippen LogP contribution in [0.3, 0.4) is 0 Å². The molecule has 2 rings (SSSR count). The number of benzene rings is 2. The van der Waals surface area contributed by atoms with Crippen molar-refractivity contribution < 1.29 is 4.74 Å². The average Bonchev–Trinajstić information content (AvgIpc) is 2.58. The minimum atomic E-state index is 0.681. The molecule has 0 atom stereocenters. The topological polar surface area (TPSA) is 36.9 Å². The van der Waals surface area contributed by atoms with Crippen molar-refractivity contribution in [1.82, 2.24) is 10.2 Å². The van der Waals surface area contributed by atoms with Gasteiger partial charge in [-0.05, 0) is 29.7 Å². The fourth-order valence-corrected chi connectivity index (χ4v) is 2.25. The number of aliphatic imine (C=N–C) groups is 1. The molecule has 122 valence electrons.